The molecule has 0 bridgehead atoms. The molecule has 1 aromatic rings. The SMILES string of the molecule is CC(=O)N1CCC(C(=O)N2CCC(N3Cc4ccccc4C3=O)CC2)CC1. The quantitative estimate of drug-likeness (QED) is 0.800. The van der Waals surface area contributed by atoms with Crippen LogP contribution in [0.25, 0.3) is 0 Å². The Kier molecular flexibility index (Phi) is 4.89. The molecule has 0 N–H and O–H groups in total. The van der Waals surface area contributed by atoms with E-state index in [2.05, 4.69) is 0 Å². The maximum absolute atomic E-state index is 12.8. The van der Waals surface area contributed by atoms with E-state index in [4.69, 9.17) is 0 Å². The molecule has 144 valence electrons. The zero-order valence-electron chi connectivity index (χ0n) is 15.9. The van der Waals surface area contributed by atoms with Crippen LogP contribution < -0.4 is 0 Å². The van der Waals surface area contributed by atoms with Gasteiger partial charge < -0.3 is 14.7 Å². The molecule has 3 aliphatic heterocycles. The lowest BCUT2D eigenvalue weighted by atomic mass is 9.93. The minimum Gasteiger partial charge on any atom is -0.343 e. The number of amides is 3. The van der Waals surface area contributed by atoms with Crippen LogP contribution in [-0.2, 0) is 16.1 Å². The highest BCUT2D eigenvalue weighted by molar-refractivity contribution is 5.98. The lowest BCUT2D eigenvalue weighted by Crippen LogP contribution is -2.50. The van der Waals surface area contributed by atoms with Crippen molar-refractivity contribution in [2.75, 3.05) is 26.2 Å². The lowest BCUT2D eigenvalue weighted by Gasteiger charge is -2.39. The second-order valence-electron chi connectivity index (χ2n) is 7.93. The predicted molar refractivity (Wildman–Crippen MR) is 101 cm³/mol. The first kappa shape index (κ1) is 18.0. The summed E-state index contributed by atoms with van der Waals surface area (Å²) in [4.78, 5) is 42.7. The van der Waals surface area contributed by atoms with Gasteiger partial charge in [-0.25, -0.2) is 0 Å². The second-order valence-corrected chi connectivity index (χ2v) is 7.93. The van der Waals surface area contributed by atoms with Gasteiger partial charge in [0.2, 0.25) is 11.8 Å². The Balaban J connectivity index is 1.30. The Morgan fingerprint density at radius 1 is 0.926 bits per heavy atom. The average molecular weight is 369 g/mol. The van der Waals surface area contributed by atoms with Crippen LogP contribution >= 0.6 is 0 Å². The molecular weight excluding hydrogens is 342 g/mol. The van der Waals surface area contributed by atoms with Gasteiger partial charge in [0.1, 0.15) is 0 Å². The van der Waals surface area contributed by atoms with Gasteiger partial charge in [-0.15, -0.1) is 0 Å². The molecule has 0 aromatic heterocycles. The first-order valence-electron chi connectivity index (χ1n) is 9.98. The van der Waals surface area contributed by atoms with E-state index < -0.39 is 0 Å². The Bertz CT molecular complexity index is 747. The fourth-order valence-electron chi connectivity index (χ4n) is 4.67. The van der Waals surface area contributed by atoms with Crippen molar-refractivity contribution in [1.29, 1.82) is 0 Å². The summed E-state index contributed by atoms with van der Waals surface area (Å²) in [6, 6.07) is 8.05. The molecule has 6 heteroatoms. The van der Waals surface area contributed by atoms with Gasteiger partial charge in [0.25, 0.3) is 5.91 Å². The van der Waals surface area contributed by atoms with E-state index in [1.165, 1.54) is 0 Å². The fraction of sp³-hybridized carbons (Fsp3) is 0.571. The molecule has 0 unspecified atom stereocenters. The van der Waals surface area contributed by atoms with Crippen molar-refractivity contribution in [2.24, 2.45) is 5.92 Å². The molecule has 3 aliphatic rings. The molecule has 2 fully saturated rings. The van der Waals surface area contributed by atoms with Gasteiger partial charge in [0.15, 0.2) is 0 Å². The van der Waals surface area contributed by atoms with Crippen molar-refractivity contribution in [3.05, 3.63) is 35.4 Å². The van der Waals surface area contributed by atoms with Crippen LogP contribution in [0.15, 0.2) is 24.3 Å². The van der Waals surface area contributed by atoms with Gasteiger partial charge in [0.05, 0.1) is 0 Å². The largest absolute Gasteiger partial charge is 0.343 e. The minimum absolute atomic E-state index is 0.0369. The van der Waals surface area contributed by atoms with E-state index >= 15 is 0 Å². The molecule has 4 rings (SSSR count). The molecule has 0 atom stereocenters. The highest BCUT2D eigenvalue weighted by atomic mass is 16.2. The highest BCUT2D eigenvalue weighted by Gasteiger charge is 2.36. The molecule has 0 saturated carbocycles. The van der Waals surface area contributed by atoms with Crippen LogP contribution in [0, 0.1) is 5.92 Å². The van der Waals surface area contributed by atoms with E-state index in [-0.39, 0.29) is 29.7 Å². The van der Waals surface area contributed by atoms with E-state index in [0.717, 1.165) is 49.9 Å². The maximum atomic E-state index is 12.8. The van der Waals surface area contributed by atoms with E-state index in [0.29, 0.717) is 19.6 Å². The van der Waals surface area contributed by atoms with E-state index in [1.807, 2.05) is 39.0 Å². The van der Waals surface area contributed by atoms with Crippen molar-refractivity contribution in [1.82, 2.24) is 14.7 Å². The van der Waals surface area contributed by atoms with Crippen LogP contribution in [0.2, 0.25) is 0 Å². The summed E-state index contributed by atoms with van der Waals surface area (Å²) in [6.45, 7) is 5.08. The smallest absolute Gasteiger partial charge is 0.254 e. The van der Waals surface area contributed by atoms with Gasteiger partial charge >= 0.3 is 0 Å². The average Bonchev–Trinajstić information content (AvgIpc) is 3.04. The van der Waals surface area contributed by atoms with Gasteiger partial charge in [-0.3, -0.25) is 14.4 Å². The number of likely N-dealkylation sites (tertiary alicyclic amines) is 2. The maximum Gasteiger partial charge on any atom is 0.254 e. The van der Waals surface area contributed by atoms with Crippen LogP contribution in [0.4, 0.5) is 0 Å². The van der Waals surface area contributed by atoms with Crippen molar-refractivity contribution in [3.63, 3.8) is 0 Å². The van der Waals surface area contributed by atoms with Gasteiger partial charge in [-0.1, -0.05) is 18.2 Å². The number of carbonyl (C=O) groups excluding carboxylic acids is 3. The zero-order chi connectivity index (χ0) is 19.0. The van der Waals surface area contributed by atoms with Crippen molar-refractivity contribution in [3.8, 4) is 0 Å². The first-order chi connectivity index (χ1) is 13.0. The van der Waals surface area contributed by atoms with Crippen LogP contribution in [0.1, 0.15) is 48.5 Å². The number of carbonyl (C=O) groups is 3. The van der Waals surface area contributed by atoms with Crippen LogP contribution in [0.5, 0.6) is 0 Å². The second kappa shape index (κ2) is 7.33. The number of hydrogen-bond donors (Lipinski definition) is 0. The summed E-state index contributed by atoms with van der Waals surface area (Å²) >= 11 is 0. The van der Waals surface area contributed by atoms with Crippen molar-refractivity contribution in [2.45, 2.75) is 45.2 Å². The zero-order valence-corrected chi connectivity index (χ0v) is 15.9. The monoisotopic (exact) mass is 369 g/mol. The third-order valence-electron chi connectivity index (χ3n) is 6.36. The first-order valence-corrected chi connectivity index (χ1v) is 9.98. The Morgan fingerprint density at radius 2 is 1.56 bits per heavy atom. The molecule has 27 heavy (non-hydrogen) atoms. The molecule has 3 heterocycles. The molecule has 6 nitrogen and oxygen atoms in total. The predicted octanol–water partition coefficient (Wildman–Crippen LogP) is 1.89. The highest BCUT2D eigenvalue weighted by Crippen LogP contribution is 2.29. The molecular formula is C21H27N3O3. The summed E-state index contributed by atoms with van der Waals surface area (Å²) in [5.74, 6) is 0.493. The Labute approximate surface area is 160 Å². The van der Waals surface area contributed by atoms with Crippen molar-refractivity contribution < 1.29 is 14.4 Å². The summed E-state index contributed by atoms with van der Waals surface area (Å²) in [5.41, 5.74) is 1.94. The van der Waals surface area contributed by atoms with Gasteiger partial charge in [-0.2, -0.15) is 0 Å². The summed E-state index contributed by atoms with van der Waals surface area (Å²) in [5, 5.41) is 0. The van der Waals surface area contributed by atoms with Crippen LogP contribution in [0.3, 0.4) is 0 Å². The van der Waals surface area contributed by atoms with E-state index in [9.17, 15) is 14.4 Å². The molecule has 0 aliphatic carbocycles. The normalized spacial score (nSPS) is 21.5. The number of nitrogens with zero attached hydrogens (tertiary/aromatic N) is 3. The van der Waals surface area contributed by atoms with Gasteiger partial charge in [0, 0.05) is 57.2 Å². The molecule has 2 saturated heterocycles. The standard InChI is InChI=1S/C21H27N3O3/c1-15(25)22-10-6-16(7-11-22)20(26)23-12-8-18(9-13-23)24-14-17-4-2-3-5-19(17)21(24)27/h2-5,16,18H,6-14H2,1H3. The number of benzene rings is 1. The molecule has 0 spiro atoms. The topological polar surface area (TPSA) is 60.9 Å². The van der Waals surface area contributed by atoms with E-state index in [1.54, 1.807) is 6.92 Å². The number of piperidine rings is 2. The molecule has 3 amide bonds. The summed E-state index contributed by atoms with van der Waals surface area (Å²) < 4.78 is 0. The minimum atomic E-state index is 0.0369. The van der Waals surface area contributed by atoms with Gasteiger partial charge in [-0.05, 0) is 37.3 Å². The lowest BCUT2D eigenvalue weighted by molar-refractivity contribution is -0.141. The number of hydrogen-bond acceptors (Lipinski definition) is 3. The molecule has 0 radical (unpaired) electrons. The summed E-state index contributed by atoms with van der Waals surface area (Å²) in [7, 11) is 0. The molecule has 1 aromatic carbocycles. The fourth-order valence-corrected chi connectivity index (χ4v) is 4.67. The Hall–Kier alpha value is -2.37. The number of fused-ring (bicyclic) bond motifs is 1. The third-order valence-corrected chi connectivity index (χ3v) is 6.36. The van der Waals surface area contributed by atoms with Crippen LogP contribution in [-0.4, -0.2) is 64.6 Å². The summed E-state index contributed by atoms with van der Waals surface area (Å²) in [6.07, 6.45) is 3.21. The Morgan fingerprint density at radius 3 is 2.19 bits per heavy atom. The third kappa shape index (κ3) is 3.45. The number of rotatable bonds is 2. The van der Waals surface area contributed by atoms with Crippen molar-refractivity contribution >= 4 is 17.7 Å².